The number of nitrogens with one attached hydrogen (secondary N) is 3. The summed E-state index contributed by atoms with van der Waals surface area (Å²) < 4.78 is 5.17. The molecule has 21 heavy (non-hydrogen) atoms. The first-order valence-corrected chi connectivity index (χ1v) is 7.75. The standard InChI is InChI=1S/C14H28N4O3/c1-11-12(18-14(20)17-11)5-3-2-4-6-13(19)16-8-10-21-9-7-15/h11-12H,2-10,15H2,1H3,(H,16,19)(H2,17,18,20)/t11-,12+/m0/s1. The van der Waals surface area contributed by atoms with Crippen LogP contribution in [-0.2, 0) is 9.53 Å². The van der Waals surface area contributed by atoms with Crippen LogP contribution >= 0.6 is 0 Å². The molecule has 0 radical (unpaired) electrons. The molecule has 1 heterocycles. The molecule has 1 saturated heterocycles. The van der Waals surface area contributed by atoms with Crippen LogP contribution in [0, 0.1) is 0 Å². The summed E-state index contributed by atoms with van der Waals surface area (Å²) in [5.74, 6) is 0.0653. The van der Waals surface area contributed by atoms with E-state index in [0.717, 1.165) is 25.7 Å². The first kappa shape index (κ1) is 17.7. The summed E-state index contributed by atoms with van der Waals surface area (Å²) in [6.07, 6.45) is 4.38. The van der Waals surface area contributed by atoms with E-state index in [4.69, 9.17) is 10.5 Å². The number of hydrogen-bond donors (Lipinski definition) is 4. The SMILES string of the molecule is C[C@@H]1NC(=O)N[C@@H]1CCCCCC(=O)NCCOCCN. The second kappa shape index (κ2) is 10.4. The van der Waals surface area contributed by atoms with Crippen LogP contribution in [0.2, 0.25) is 0 Å². The minimum atomic E-state index is -0.0799. The highest BCUT2D eigenvalue weighted by molar-refractivity contribution is 5.77. The van der Waals surface area contributed by atoms with Gasteiger partial charge in [0.15, 0.2) is 0 Å². The number of carbonyl (C=O) groups excluding carboxylic acids is 2. The zero-order valence-corrected chi connectivity index (χ0v) is 12.8. The minimum absolute atomic E-state index is 0.0653. The van der Waals surface area contributed by atoms with Crippen LogP contribution in [0.5, 0.6) is 0 Å². The molecule has 0 saturated carbocycles. The zero-order chi connectivity index (χ0) is 15.5. The van der Waals surface area contributed by atoms with Crippen LogP contribution < -0.4 is 21.7 Å². The monoisotopic (exact) mass is 300 g/mol. The second-order valence-electron chi connectivity index (χ2n) is 5.36. The molecular weight excluding hydrogens is 272 g/mol. The van der Waals surface area contributed by atoms with Gasteiger partial charge < -0.3 is 26.4 Å². The lowest BCUT2D eigenvalue weighted by Gasteiger charge is -2.13. The summed E-state index contributed by atoms with van der Waals surface area (Å²) in [6.45, 7) is 4.08. The Hall–Kier alpha value is -1.34. The van der Waals surface area contributed by atoms with Crippen molar-refractivity contribution >= 4 is 11.9 Å². The summed E-state index contributed by atoms with van der Waals surface area (Å²) in [5.41, 5.74) is 5.29. The average Bonchev–Trinajstić information content (AvgIpc) is 2.76. The van der Waals surface area contributed by atoms with Gasteiger partial charge in [-0.1, -0.05) is 12.8 Å². The normalized spacial score (nSPS) is 21.0. The van der Waals surface area contributed by atoms with E-state index in [2.05, 4.69) is 16.0 Å². The highest BCUT2D eigenvalue weighted by Crippen LogP contribution is 2.11. The van der Waals surface area contributed by atoms with Gasteiger partial charge >= 0.3 is 6.03 Å². The molecule has 7 nitrogen and oxygen atoms in total. The number of ether oxygens (including phenoxy) is 1. The summed E-state index contributed by atoms with van der Waals surface area (Å²) in [6, 6.07) is 0.323. The third-order valence-electron chi connectivity index (χ3n) is 3.53. The van der Waals surface area contributed by atoms with Crippen LogP contribution in [0.15, 0.2) is 0 Å². The van der Waals surface area contributed by atoms with Gasteiger partial charge in [0, 0.05) is 25.6 Å². The van der Waals surface area contributed by atoms with Crippen molar-refractivity contribution in [3.8, 4) is 0 Å². The maximum atomic E-state index is 11.5. The van der Waals surface area contributed by atoms with Crippen molar-refractivity contribution in [3.63, 3.8) is 0 Å². The van der Waals surface area contributed by atoms with Crippen molar-refractivity contribution in [3.05, 3.63) is 0 Å². The molecule has 1 aliphatic heterocycles. The topological polar surface area (TPSA) is 105 Å². The summed E-state index contributed by atoms with van der Waals surface area (Å²) >= 11 is 0. The van der Waals surface area contributed by atoms with E-state index in [1.165, 1.54) is 0 Å². The number of nitrogens with two attached hydrogens (primary N) is 1. The lowest BCUT2D eigenvalue weighted by Crippen LogP contribution is -2.30. The molecule has 0 bridgehead atoms. The van der Waals surface area contributed by atoms with Gasteiger partial charge in [-0.15, -0.1) is 0 Å². The molecule has 0 unspecified atom stereocenters. The van der Waals surface area contributed by atoms with Gasteiger partial charge in [-0.3, -0.25) is 4.79 Å². The van der Waals surface area contributed by atoms with Crippen LogP contribution in [0.25, 0.3) is 0 Å². The largest absolute Gasteiger partial charge is 0.378 e. The number of amides is 3. The van der Waals surface area contributed by atoms with E-state index < -0.39 is 0 Å². The van der Waals surface area contributed by atoms with E-state index in [9.17, 15) is 9.59 Å². The smallest absolute Gasteiger partial charge is 0.315 e. The highest BCUT2D eigenvalue weighted by atomic mass is 16.5. The molecule has 1 aliphatic rings. The van der Waals surface area contributed by atoms with Gasteiger partial charge in [0.1, 0.15) is 0 Å². The van der Waals surface area contributed by atoms with Crippen molar-refractivity contribution in [1.82, 2.24) is 16.0 Å². The fourth-order valence-electron chi connectivity index (χ4n) is 2.33. The molecular formula is C14H28N4O3. The Balaban J connectivity index is 1.91. The van der Waals surface area contributed by atoms with E-state index >= 15 is 0 Å². The molecule has 1 rings (SSSR count). The van der Waals surface area contributed by atoms with Crippen molar-refractivity contribution in [2.24, 2.45) is 5.73 Å². The van der Waals surface area contributed by atoms with Gasteiger partial charge in [-0.05, 0) is 19.8 Å². The molecule has 2 atom stereocenters. The minimum Gasteiger partial charge on any atom is -0.378 e. The predicted molar refractivity (Wildman–Crippen MR) is 80.9 cm³/mol. The average molecular weight is 300 g/mol. The molecule has 7 heteroatoms. The predicted octanol–water partition coefficient (Wildman–Crippen LogP) is 0.0983. The van der Waals surface area contributed by atoms with E-state index in [0.29, 0.717) is 32.7 Å². The molecule has 122 valence electrons. The second-order valence-corrected chi connectivity index (χ2v) is 5.36. The summed E-state index contributed by atoms with van der Waals surface area (Å²) in [7, 11) is 0. The van der Waals surface area contributed by atoms with Crippen molar-refractivity contribution in [2.45, 2.75) is 51.1 Å². The first-order valence-electron chi connectivity index (χ1n) is 7.75. The molecule has 0 aromatic heterocycles. The summed E-state index contributed by atoms with van der Waals surface area (Å²) in [4.78, 5) is 22.6. The zero-order valence-electron chi connectivity index (χ0n) is 12.8. The molecule has 5 N–H and O–H groups in total. The van der Waals surface area contributed by atoms with Gasteiger partial charge in [-0.2, -0.15) is 0 Å². The van der Waals surface area contributed by atoms with Gasteiger partial charge in [0.05, 0.1) is 19.3 Å². The third-order valence-corrected chi connectivity index (χ3v) is 3.53. The van der Waals surface area contributed by atoms with Crippen LogP contribution in [0.4, 0.5) is 4.79 Å². The highest BCUT2D eigenvalue weighted by Gasteiger charge is 2.26. The summed E-state index contributed by atoms with van der Waals surface area (Å²) in [5, 5.41) is 8.54. The Bertz CT molecular complexity index is 325. The number of carbonyl (C=O) groups is 2. The Kier molecular flexibility index (Phi) is 8.77. The van der Waals surface area contributed by atoms with Crippen LogP contribution in [-0.4, -0.2) is 50.3 Å². The fraction of sp³-hybridized carbons (Fsp3) is 0.857. The Morgan fingerprint density at radius 3 is 2.76 bits per heavy atom. The van der Waals surface area contributed by atoms with Gasteiger partial charge in [0.25, 0.3) is 0 Å². The number of rotatable bonds is 11. The maximum absolute atomic E-state index is 11.5. The molecule has 3 amide bonds. The van der Waals surface area contributed by atoms with Crippen LogP contribution in [0.1, 0.15) is 39.0 Å². The lowest BCUT2D eigenvalue weighted by atomic mass is 10.0. The van der Waals surface area contributed by atoms with Crippen LogP contribution in [0.3, 0.4) is 0 Å². The molecule has 0 aliphatic carbocycles. The lowest BCUT2D eigenvalue weighted by molar-refractivity contribution is -0.121. The molecule has 0 aromatic carbocycles. The molecule has 0 aromatic rings. The van der Waals surface area contributed by atoms with Crippen molar-refractivity contribution < 1.29 is 14.3 Å². The molecule has 1 fully saturated rings. The Morgan fingerprint density at radius 1 is 1.29 bits per heavy atom. The van der Waals surface area contributed by atoms with E-state index in [-0.39, 0.29) is 24.0 Å². The third kappa shape index (κ3) is 7.87. The van der Waals surface area contributed by atoms with Crippen molar-refractivity contribution in [2.75, 3.05) is 26.3 Å². The fourth-order valence-corrected chi connectivity index (χ4v) is 2.33. The van der Waals surface area contributed by atoms with E-state index in [1.54, 1.807) is 0 Å². The van der Waals surface area contributed by atoms with Gasteiger partial charge in [0.2, 0.25) is 5.91 Å². The quantitative estimate of drug-likeness (QED) is 0.406. The maximum Gasteiger partial charge on any atom is 0.315 e. The van der Waals surface area contributed by atoms with E-state index in [1.807, 2.05) is 6.92 Å². The number of urea groups is 1. The molecule has 0 spiro atoms. The Labute approximate surface area is 126 Å². The van der Waals surface area contributed by atoms with Gasteiger partial charge in [-0.25, -0.2) is 4.79 Å². The number of unbranched alkanes of at least 4 members (excludes halogenated alkanes) is 2. The Morgan fingerprint density at radius 2 is 2.10 bits per heavy atom. The van der Waals surface area contributed by atoms with Crippen molar-refractivity contribution in [1.29, 1.82) is 0 Å². The first-order chi connectivity index (χ1) is 10.1. The number of hydrogen-bond acceptors (Lipinski definition) is 4.